The monoisotopic (exact) mass is 1510 g/mol. The van der Waals surface area contributed by atoms with Crippen molar-refractivity contribution < 1.29 is 75.4 Å². The molecule has 7 aliphatic rings. The highest BCUT2D eigenvalue weighted by Gasteiger charge is 2.54. The first kappa shape index (κ1) is 85.0. The fourth-order valence-corrected chi connectivity index (χ4v) is 16.8. The lowest BCUT2D eigenvalue weighted by molar-refractivity contribution is -0.184. The van der Waals surface area contributed by atoms with E-state index in [1.54, 1.807) is 26.0 Å². The number of likely N-dealkylation sites (N-methyl/N-ethyl adjacent to an activating group) is 7. The molecule has 6 fully saturated rings. The van der Waals surface area contributed by atoms with Crippen molar-refractivity contribution >= 4 is 94.1 Å². The molecule has 0 radical (unpaired) electrons. The second-order valence-corrected chi connectivity index (χ2v) is 32.1. The summed E-state index contributed by atoms with van der Waals surface area (Å²) in [6.45, 7) is 7.89. The summed E-state index contributed by atoms with van der Waals surface area (Å²) in [6.07, 6.45) is 3.69. The number of alkyl halides is 5. The normalized spacial score (nSPS) is 31.6. The predicted molar refractivity (Wildman–Crippen MR) is 386 cm³/mol. The van der Waals surface area contributed by atoms with Gasteiger partial charge in [0.15, 0.2) is 0 Å². The molecule has 1 spiro atoms. The quantitative estimate of drug-likeness (QED) is 0.124. The predicted octanol–water partition coefficient (Wildman–Crippen LogP) is 6.10. The van der Waals surface area contributed by atoms with Crippen molar-refractivity contribution in [1.82, 2.24) is 60.0 Å². The summed E-state index contributed by atoms with van der Waals surface area (Å²) >= 11 is 13.3. The highest BCUT2D eigenvalue weighted by atomic mass is 35.5. The number of hydrogen-bond donors (Lipinski definition) is 3. The van der Waals surface area contributed by atoms with E-state index in [2.05, 4.69) is 16.0 Å². The second-order valence-electron chi connectivity index (χ2n) is 31.0. The molecule has 104 heavy (non-hydrogen) atoms. The van der Waals surface area contributed by atoms with E-state index in [0.29, 0.717) is 51.4 Å². The van der Waals surface area contributed by atoms with Crippen LogP contribution < -0.4 is 16.0 Å². The Hall–Kier alpha value is -6.29. The van der Waals surface area contributed by atoms with Gasteiger partial charge in [-0.25, -0.2) is 0 Å². The van der Waals surface area contributed by atoms with Crippen LogP contribution in [0, 0.1) is 35.5 Å². The van der Waals surface area contributed by atoms with Gasteiger partial charge in [-0.05, 0) is 139 Å². The third-order valence-corrected chi connectivity index (χ3v) is 24.8. The van der Waals surface area contributed by atoms with E-state index in [4.69, 9.17) is 27.9 Å². The highest BCUT2D eigenvalue weighted by Crippen LogP contribution is 2.43. The Bertz CT molecular complexity index is 3090. The molecule has 0 aromatic heterocycles. The minimum Gasteiger partial charge on any atom is -0.377 e. The summed E-state index contributed by atoms with van der Waals surface area (Å²) < 4.78 is 48.5. The van der Waals surface area contributed by atoms with Gasteiger partial charge in [0, 0.05) is 87.9 Å². The largest absolute Gasteiger partial charge is 0.391 e. The lowest BCUT2D eigenvalue weighted by Crippen LogP contribution is -2.68. The average Bonchev–Trinajstić information content (AvgIpc) is 0.819. The molecule has 0 aromatic carbocycles. The average molecular weight is 1510 g/mol. The van der Waals surface area contributed by atoms with Crippen LogP contribution in [0.5, 0.6) is 0 Å². The van der Waals surface area contributed by atoms with Gasteiger partial charge in [0.05, 0.1) is 36.9 Å². The maximum Gasteiger partial charge on any atom is 0.391 e. The van der Waals surface area contributed by atoms with Gasteiger partial charge in [-0.3, -0.25) is 57.5 Å². The molecule has 25 nitrogen and oxygen atoms in total. The van der Waals surface area contributed by atoms with Crippen LogP contribution in [0.2, 0.25) is 0 Å². The van der Waals surface area contributed by atoms with Crippen LogP contribution in [0.3, 0.4) is 0 Å². The maximum absolute atomic E-state index is 15.6. The van der Waals surface area contributed by atoms with Crippen LogP contribution >= 0.6 is 23.2 Å². The highest BCUT2D eigenvalue weighted by molar-refractivity contribution is 6.30. The molecule has 2 bridgehead atoms. The number of amides is 12. The Morgan fingerprint density at radius 1 is 0.644 bits per heavy atom. The van der Waals surface area contributed by atoms with Crippen molar-refractivity contribution in [1.29, 1.82) is 0 Å². The zero-order valence-corrected chi connectivity index (χ0v) is 65.0. The van der Waals surface area contributed by atoms with Gasteiger partial charge in [-0.15, -0.1) is 23.2 Å². The Labute approximate surface area is 622 Å². The number of hydrogen-bond acceptors (Lipinski definition) is 13. The van der Waals surface area contributed by atoms with Crippen molar-refractivity contribution in [2.24, 2.45) is 35.5 Å². The number of ether oxygens (including phenoxy) is 1. The van der Waals surface area contributed by atoms with Gasteiger partial charge in [0.25, 0.3) is 0 Å². The number of carbonyl (C=O) groups is 12. The van der Waals surface area contributed by atoms with Crippen LogP contribution in [0.4, 0.5) is 13.2 Å². The number of nitrogens with zero attached hydrogens (tertiary/aromatic N) is 9. The summed E-state index contributed by atoms with van der Waals surface area (Å²) in [5.74, 6) is -11.1. The molecule has 3 heterocycles. The molecule has 13 atom stereocenters. The molecular formula is C74H117Cl2F3N12O13. The van der Waals surface area contributed by atoms with E-state index >= 15 is 28.8 Å². The molecule has 7 rings (SSSR count). The lowest BCUT2D eigenvalue weighted by Gasteiger charge is -2.47. The van der Waals surface area contributed by atoms with Gasteiger partial charge >= 0.3 is 6.18 Å². The molecular weight excluding hydrogens is 1390 g/mol. The first-order valence-electron chi connectivity index (χ1n) is 37.9. The third-order valence-electron chi connectivity index (χ3n) is 23.6. The summed E-state index contributed by atoms with van der Waals surface area (Å²) in [5, 5.41) is 8.21. The first-order chi connectivity index (χ1) is 49.0. The molecule has 0 aromatic rings. The van der Waals surface area contributed by atoms with Gasteiger partial charge in [0.2, 0.25) is 70.9 Å². The van der Waals surface area contributed by atoms with E-state index in [1.807, 2.05) is 20.8 Å². The molecule has 2 saturated heterocycles. The Morgan fingerprint density at radius 2 is 1.26 bits per heavy atom. The molecule has 3 unspecified atom stereocenters. The zero-order chi connectivity index (χ0) is 77.0. The van der Waals surface area contributed by atoms with Crippen LogP contribution in [0.25, 0.3) is 0 Å². The number of nitrogens with one attached hydrogen (secondary N) is 3. The van der Waals surface area contributed by atoms with Crippen molar-refractivity contribution in [2.45, 2.75) is 259 Å². The Morgan fingerprint density at radius 3 is 1.83 bits per heavy atom. The molecule has 586 valence electrons. The zero-order valence-electron chi connectivity index (χ0n) is 63.5. The first-order valence-corrected chi connectivity index (χ1v) is 38.8. The van der Waals surface area contributed by atoms with Crippen LogP contribution in [0.1, 0.15) is 182 Å². The van der Waals surface area contributed by atoms with Crippen molar-refractivity contribution in [2.75, 3.05) is 89.2 Å². The van der Waals surface area contributed by atoms with Gasteiger partial charge < -0.3 is 64.8 Å². The molecule has 3 N–H and O–H groups in total. The van der Waals surface area contributed by atoms with Crippen LogP contribution in [-0.4, -0.2) is 281 Å². The summed E-state index contributed by atoms with van der Waals surface area (Å²) in [4.78, 5) is 192. The summed E-state index contributed by atoms with van der Waals surface area (Å²) in [7, 11) is 11.4. The van der Waals surface area contributed by atoms with E-state index < -0.39 is 180 Å². The summed E-state index contributed by atoms with van der Waals surface area (Å²) in [6, 6.07) is -10.3. The van der Waals surface area contributed by atoms with E-state index in [9.17, 15) is 41.9 Å². The fourth-order valence-electron chi connectivity index (χ4n) is 16.2. The Balaban J connectivity index is 1.31. The van der Waals surface area contributed by atoms with E-state index in [-0.39, 0.29) is 119 Å². The summed E-state index contributed by atoms with van der Waals surface area (Å²) in [5.41, 5.74) is -1.57. The smallest absolute Gasteiger partial charge is 0.377 e. The van der Waals surface area contributed by atoms with E-state index in [0.717, 1.165) is 22.6 Å². The third kappa shape index (κ3) is 20.9. The topological polar surface area (TPSA) is 279 Å². The van der Waals surface area contributed by atoms with Gasteiger partial charge in [-0.2, -0.15) is 13.2 Å². The number of rotatable bonds is 15. The lowest BCUT2D eigenvalue weighted by atomic mass is 9.74. The van der Waals surface area contributed by atoms with Gasteiger partial charge in [-0.1, -0.05) is 72.0 Å². The van der Waals surface area contributed by atoms with Crippen LogP contribution in [0.15, 0.2) is 12.2 Å². The second kappa shape index (κ2) is 37.5. The van der Waals surface area contributed by atoms with Gasteiger partial charge in [0.1, 0.15) is 53.9 Å². The minimum absolute atomic E-state index is 0.00229. The fraction of sp³-hybridized carbons (Fsp3) is 0.811. The van der Waals surface area contributed by atoms with Crippen molar-refractivity contribution in [3.8, 4) is 0 Å². The number of fused-ring (bicyclic) bond motifs is 3. The van der Waals surface area contributed by atoms with E-state index in [1.165, 1.54) is 90.7 Å². The Kier molecular flexibility index (Phi) is 30.6. The molecule has 4 aliphatic carbocycles. The SMILES string of the molecule is CCO[C@@H]1C[C@H]2C(=O)NC3(CCC3)C(=O)N(C)[C@@H](C(CC)CC)C(=O)N(C)[C@H](C(=O)N(C)C)CC(=O)N(C)[C@@H](CC3CC3)C(=O)N[C@@H]([C@@H](C)CC)C(=O)N(C)CC(=O)N(C)[C@H]3C/C=C\CCN(C3=O)[C@@H](CC3CCC(C(F)(F)F)CC3)C(=O)N(C)CC(=O)N[C@@H](CCC3CCC(Cl)C(Cl)C3)C(=O)N2C1. The molecule has 3 aliphatic heterocycles. The number of halogens is 5. The molecule has 12 amide bonds. The minimum atomic E-state index is -4.44. The number of carbonyl (C=O) groups excluding carboxylic acids is 12. The maximum atomic E-state index is 15.6. The molecule has 4 saturated carbocycles. The van der Waals surface area contributed by atoms with Crippen molar-refractivity contribution in [3.63, 3.8) is 0 Å². The van der Waals surface area contributed by atoms with Crippen molar-refractivity contribution in [3.05, 3.63) is 12.2 Å². The standard InChI is InChI=1S/C74H117Cl2F3N12O13/c1-14-44(5)62-70(101)85(9)43-61(94)86(10)54-22-19-18-20-35-90(69(54)100)58(38-47-25-29-49(30-26-47)74(77,78)79)68(99)84(8)42-59(92)80-53(32-28-45-27-31-51(75)52(76)36-45)66(97)91-41-50(104-17-4)39-56(91)65(96)82-73(33-21-34-73)72(103)89(13)63(48(15-2)16-3)71(102)88(12)57(67(98)83(6)7)40-60(93)87(11)55(64(95)81-62)37-46-23-24-46/h18-19,44-58,62-63H,14-17,20-43H2,1-13H3,(H,80,92)(H,81,95)(H,82,96)/b19-18-/t44-,45?,47?,49?,50+,51?,52?,53-,54-,55-,56-,57-,58-,62-,63-/m0/s1. The van der Waals surface area contributed by atoms with Crippen LogP contribution in [-0.2, 0) is 62.3 Å². The molecule has 30 heteroatoms.